The maximum atomic E-state index is 10.4. The number of pyridine rings is 1. The maximum Gasteiger partial charge on any atom is 0.303 e. The number of carbonyl (C=O) groups is 1. The second-order valence-electron chi connectivity index (χ2n) is 2.70. The number of hydrogen-bond acceptors (Lipinski definition) is 3. The number of halogens is 1. The molecule has 0 fully saturated rings. The van der Waals surface area contributed by atoms with Gasteiger partial charge in [-0.1, -0.05) is 6.07 Å². The molecule has 0 spiro atoms. The van der Waals surface area contributed by atoms with E-state index in [1.54, 1.807) is 12.1 Å². The Morgan fingerprint density at radius 1 is 1.64 bits per heavy atom. The van der Waals surface area contributed by atoms with Crippen LogP contribution in [0.3, 0.4) is 0 Å². The highest BCUT2D eigenvalue weighted by atomic mass is 79.9. The van der Waals surface area contributed by atoms with Crippen molar-refractivity contribution in [3.05, 3.63) is 22.3 Å². The van der Waals surface area contributed by atoms with Gasteiger partial charge in [0.2, 0.25) is 5.88 Å². The Hall–Kier alpha value is -1.10. The minimum absolute atomic E-state index is 0.0830. The fraction of sp³-hybridized carbons (Fsp3) is 0.333. The Labute approximate surface area is 90.0 Å². The molecule has 1 aromatic rings. The lowest BCUT2D eigenvalue weighted by Crippen LogP contribution is -2.00. The fourth-order valence-corrected chi connectivity index (χ4v) is 1.35. The molecule has 76 valence electrons. The third-order valence-electron chi connectivity index (χ3n) is 1.71. The molecule has 14 heavy (non-hydrogen) atoms. The van der Waals surface area contributed by atoms with Crippen molar-refractivity contribution in [1.82, 2.24) is 4.98 Å². The first-order valence-electron chi connectivity index (χ1n) is 4.04. The summed E-state index contributed by atoms with van der Waals surface area (Å²) in [6, 6.07) is 3.57. The lowest BCUT2D eigenvalue weighted by Gasteiger charge is -2.05. The molecule has 5 heteroatoms. The molecule has 0 amide bonds. The predicted molar refractivity (Wildman–Crippen MR) is 54.4 cm³/mol. The number of rotatable bonds is 4. The standard InChI is InChI=1S/C9H10BrNO3/c1-14-9-6(3-5-8(12)13)2-4-7(10)11-9/h2,4H,3,5H2,1H3,(H,12,13). The van der Waals surface area contributed by atoms with E-state index in [4.69, 9.17) is 9.84 Å². The van der Waals surface area contributed by atoms with Gasteiger partial charge in [0.05, 0.1) is 7.11 Å². The predicted octanol–water partition coefficient (Wildman–Crippen LogP) is 1.87. The number of aryl methyl sites for hydroxylation is 1. The van der Waals surface area contributed by atoms with Crippen LogP contribution in [0.5, 0.6) is 5.88 Å². The van der Waals surface area contributed by atoms with Gasteiger partial charge in [-0.15, -0.1) is 0 Å². The van der Waals surface area contributed by atoms with Gasteiger partial charge in [0.15, 0.2) is 0 Å². The molecule has 4 nitrogen and oxygen atoms in total. The second-order valence-corrected chi connectivity index (χ2v) is 3.51. The number of carboxylic acid groups (broad SMARTS) is 1. The Balaban J connectivity index is 2.80. The quantitative estimate of drug-likeness (QED) is 0.839. The van der Waals surface area contributed by atoms with Crippen molar-refractivity contribution in [2.45, 2.75) is 12.8 Å². The normalized spacial score (nSPS) is 9.86. The number of aromatic nitrogens is 1. The molecule has 1 rings (SSSR count). The number of carboxylic acids is 1. The minimum Gasteiger partial charge on any atom is -0.481 e. The van der Waals surface area contributed by atoms with E-state index in [1.807, 2.05) is 0 Å². The highest BCUT2D eigenvalue weighted by Crippen LogP contribution is 2.20. The Morgan fingerprint density at radius 2 is 2.36 bits per heavy atom. The fourth-order valence-electron chi connectivity index (χ4n) is 1.06. The summed E-state index contributed by atoms with van der Waals surface area (Å²) in [6.07, 6.45) is 0.512. The monoisotopic (exact) mass is 259 g/mol. The van der Waals surface area contributed by atoms with Crippen LogP contribution >= 0.6 is 15.9 Å². The smallest absolute Gasteiger partial charge is 0.303 e. The Morgan fingerprint density at radius 3 is 2.93 bits per heavy atom. The summed E-state index contributed by atoms with van der Waals surface area (Å²) in [7, 11) is 1.51. The van der Waals surface area contributed by atoms with Gasteiger partial charge >= 0.3 is 5.97 Å². The van der Waals surface area contributed by atoms with Crippen LogP contribution in [0.15, 0.2) is 16.7 Å². The van der Waals surface area contributed by atoms with Gasteiger partial charge in [0.1, 0.15) is 4.60 Å². The zero-order chi connectivity index (χ0) is 10.6. The summed E-state index contributed by atoms with van der Waals surface area (Å²) in [5.74, 6) is -0.351. The molecule has 0 aromatic carbocycles. The SMILES string of the molecule is COc1nc(Br)ccc1CCC(=O)O. The third-order valence-corrected chi connectivity index (χ3v) is 2.15. The molecule has 1 heterocycles. The largest absolute Gasteiger partial charge is 0.481 e. The van der Waals surface area contributed by atoms with Crippen molar-refractivity contribution in [3.8, 4) is 5.88 Å². The van der Waals surface area contributed by atoms with Gasteiger partial charge in [-0.3, -0.25) is 4.79 Å². The number of aliphatic carboxylic acids is 1. The summed E-state index contributed by atoms with van der Waals surface area (Å²) >= 11 is 3.21. The molecule has 0 unspecified atom stereocenters. The van der Waals surface area contributed by atoms with Gasteiger partial charge < -0.3 is 9.84 Å². The van der Waals surface area contributed by atoms with E-state index in [0.717, 1.165) is 5.56 Å². The van der Waals surface area contributed by atoms with Crippen LogP contribution in [-0.2, 0) is 11.2 Å². The van der Waals surface area contributed by atoms with Crippen molar-refractivity contribution in [1.29, 1.82) is 0 Å². The molecular formula is C9H10BrNO3. The molecule has 0 saturated heterocycles. The summed E-state index contributed by atoms with van der Waals surface area (Å²) in [6.45, 7) is 0. The van der Waals surface area contributed by atoms with Crippen molar-refractivity contribution < 1.29 is 14.6 Å². The zero-order valence-corrected chi connectivity index (χ0v) is 9.24. The van der Waals surface area contributed by atoms with Gasteiger partial charge in [-0.05, 0) is 28.4 Å². The first-order valence-corrected chi connectivity index (χ1v) is 4.84. The highest BCUT2D eigenvalue weighted by Gasteiger charge is 2.07. The van der Waals surface area contributed by atoms with Crippen LogP contribution in [-0.4, -0.2) is 23.2 Å². The molecule has 0 aliphatic rings. The topological polar surface area (TPSA) is 59.4 Å². The number of hydrogen-bond donors (Lipinski definition) is 1. The molecule has 0 aliphatic heterocycles. The number of methoxy groups -OCH3 is 1. The Bertz CT molecular complexity index is 341. The van der Waals surface area contributed by atoms with Crippen LogP contribution in [0.2, 0.25) is 0 Å². The Kier molecular flexibility index (Phi) is 3.88. The van der Waals surface area contributed by atoms with E-state index < -0.39 is 5.97 Å². The molecule has 1 aromatic heterocycles. The lowest BCUT2D eigenvalue weighted by molar-refractivity contribution is -0.136. The average Bonchev–Trinajstić information content (AvgIpc) is 2.15. The molecule has 0 atom stereocenters. The van der Waals surface area contributed by atoms with Gasteiger partial charge in [-0.2, -0.15) is 0 Å². The van der Waals surface area contributed by atoms with E-state index in [-0.39, 0.29) is 6.42 Å². The molecule has 0 aliphatic carbocycles. The second kappa shape index (κ2) is 4.95. The van der Waals surface area contributed by atoms with Gasteiger partial charge in [0, 0.05) is 12.0 Å². The molecule has 1 N–H and O–H groups in total. The first kappa shape index (κ1) is 11.0. The van der Waals surface area contributed by atoms with Crippen LogP contribution in [0.4, 0.5) is 0 Å². The summed E-state index contributed by atoms with van der Waals surface area (Å²) in [5.41, 5.74) is 0.804. The maximum absolute atomic E-state index is 10.4. The van der Waals surface area contributed by atoms with Gasteiger partial charge in [0.25, 0.3) is 0 Å². The van der Waals surface area contributed by atoms with Crippen molar-refractivity contribution in [2.75, 3.05) is 7.11 Å². The van der Waals surface area contributed by atoms with Gasteiger partial charge in [-0.25, -0.2) is 4.98 Å². The van der Waals surface area contributed by atoms with E-state index >= 15 is 0 Å². The van der Waals surface area contributed by atoms with Crippen LogP contribution in [0.1, 0.15) is 12.0 Å². The average molecular weight is 260 g/mol. The summed E-state index contributed by atoms with van der Waals surface area (Å²) < 4.78 is 5.70. The molecule has 0 radical (unpaired) electrons. The summed E-state index contributed by atoms with van der Waals surface area (Å²) in [4.78, 5) is 14.4. The van der Waals surface area contributed by atoms with Crippen molar-refractivity contribution in [2.24, 2.45) is 0 Å². The van der Waals surface area contributed by atoms with E-state index in [2.05, 4.69) is 20.9 Å². The van der Waals surface area contributed by atoms with E-state index in [9.17, 15) is 4.79 Å². The van der Waals surface area contributed by atoms with E-state index in [0.29, 0.717) is 16.9 Å². The van der Waals surface area contributed by atoms with Crippen molar-refractivity contribution in [3.63, 3.8) is 0 Å². The third kappa shape index (κ3) is 2.99. The zero-order valence-electron chi connectivity index (χ0n) is 7.66. The van der Waals surface area contributed by atoms with Crippen LogP contribution in [0, 0.1) is 0 Å². The highest BCUT2D eigenvalue weighted by molar-refractivity contribution is 9.10. The minimum atomic E-state index is -0.824. The summed E-state index contributed by atoms with van der Waals surface area (Å²) in [5, 5.41) is 8.52. The number of ether oxygens (including phenoxy) is 1. The first-order chi connectivity index (χ1) is 6.63. The molecule has 0 bridgehead atoms. The molecule has 0 saturated carbocycles. The van der Waals surface area contributed by atoms with E-state index in [1.165, 1.54) is 7.11 Å². The molecular weight excluding hydrogens is 250 g/mol. The van der Waals surface area contributed by atoms with Crippen molar-refractivity contribution >= 4 is 21.9 Å². The van der Waals surface area contributed by atoms with Crippen LogP contribution in [0.25, 0.3) is 0 Å². The number of nitrogens with zero attached hydrogens (tertiary/aromatic N) is 1. The lowest BCUT2D eigenvalue weighted by atomic mass is 10.1. The van der Waals surface area contributed by atoms with Crippen LogP contribution < -0.4 is 4.74 Å².